The van der Waals surface area contributed by atoms with E-state index in [0.717, 1.165) is 18.6 Å². The molecule has 0 spiro atoms. The van der Waals surface area contributed by atoms with E-state index in [1.54, 1.807) is 12.3 Å². The van der Waals surface area contributed by atoms with Gasteiger partial charge in [-0.3, -0.25) is 0 Å². The number of aliphatic hydroxyl groups excluding tert-OH is 1. The highest BCUT2D eigenvalue weighted by atomic mass is 19.3. The zero-order chi connectivity index (χ0) is 22.4. The molecule has 1 aromatic carbocycles. The first-order valence-electron chi connectivity index (χ1n) is 10.3. The van der Waals surface area contributed by atoms with E-state index in [0.29, 0.717) is 30.1 Å². The molecule has 11 heteroatoms. The number of amides is 2. The number of nitrogens with one attached hydrogen (secondary N) is 1. The molecule has 1 unspecified atom stereocenters. The molecular formula is C21H21F3N6O2. The van der Waals surface area contributed by atoms with Gasteiger partial charge in [-0.05, 0) is 36.6 Å². The Hall–Kier alpha value is -3.34. The number of carbonyl (C=O) groups is 1. The van der Waals surface area contributed by atoms with Crippen LogP contribution < -0.4 is 10.2 Å². The number of rotatable bonds is 4. The van der Waals surface area contributed by atoms with E-state index in [4.69, 9.17) is 0 Å². The van der Waals surface area contributed by atoms with Gasteiger partial charge >= 0.3 is 6.03 Å². The van der Waals surface area contributed by atoms with Crippen LogP contribution in [-0.4, -0.2) is 56.4 Å². The summed E-state index contributed by atoms with van der Waals surface area (Å²) in [6.45, 7) is 1.10. The molecule has 3 aromatic rings. The average Bonchev–Trinajstić information content (AvgIpc) is 3.38. The second-order valence-electron chi connectivity index (χ2n) is 8.03. The predicted octanol–water partition coefficient (Wildman–Crippen LogP) is 3.36. The summed E-state index contributed by atoms with van der Waals surface area (Å²) in [5.74, 6) is -0.0311. The Kier molecular flexibility index (Phi) is 5.12. The summed E-state index contributed by atoms with van der Waals surface area (Å²) >= 11 is 0. The number of halogens is 3. The number of alkyl halides is 2. The Bertz CT molecular complexity index is 1160. The number of urea groups is 1. The fourth-order valence-corrected chi connectivity index (χ4v) is 4.32. The third kappa shape index (κ3) is 3.62. The molecular weight excluding hydrogens is 425 g/mol. The number of benzene rings is 1. The monoisotopic (exact) mass is 446 g/mol. The summed E-state index contributed by atoms with van der Waals surface area (Å²) in [5, 5.41) is 16.3. The van der Waals surface area contributed by atoms with Crippen LogP contribution in [0.4, 0.5) is 29.5 Å². The quantitative estimate of drug-likeness (QED) is 0.642. The molecule has 8 nitrogen and oxygen atoms in total. The van der Waals surface area contributed by atoms with Crippen molar-refractivity contribution in [1.82, 2.24) is 19.5 Å². The summed E-state index contributed by atoms with van der Waals surface area (Å²) < 4.78 is 42.6. The standard InChI is InChI=1S/C21H21F3N6O2/c22-12-3-4-14(19(23)24)15(8-12)17-2-1-6-29(17)18-5-7-30-20(27-18)16(9-25-30)26-21(32)28-10-13(31)11-28/h3-5,7-9,13,17,19,31H,1-2,6,10-11H2,(H,26,32). The smallest absolute Gasteiger partial charge is 0.322 e. The number of hydrogen-bond donors (Lipinski definition) is 2. The van der Waals surface area contributed by atoms with Gasteiger partial charge in [-0.2, -0.15) is 5.10 Å². The molecule has 0 radical (unpaired) electrons. The van der Waals surface area contributed by atoms with Crippen LogP contribution in [0.1, 0.15) is 36.4 Å². The maximum atomic E-state index is 13.9. The summed E-state index contributed by atoms with van der Waals surface area (Å²) in [6.07, 6.45) is 1.27. The van der Waals surface area contributed by atoms with Gasteiger partial charge < -0.3 is 20.2 Å². The molecule has 0 bridgehead atoms. The van der Waals surface area contributed by atoms with Crippen molar-refractivity contribution in [1.29, 1.82) is 0 Å². The number of nitrogens with zero attached hydrogens (tertiary/aromatic N) is 5. The number of hydrogen-bond acceptors (Lipinski definition) is 5. The zero-order valence-electron chi connectivity index (χ0n) is 17.0. The van der Waals surface area contributed by atoms with Crippen molar-refractivity contribution in [2.24, 2.45) is 0 Å². The summed E-state index contributed by atoms with van der Waals surface area (Å²) in [6, 6.07) is 4.28. The molecule has 4 heterocycles. The number of aliphatic hydroxyl groups is 1. The van der Waals surface area contributed by atoms with E-state index in [2.05, 4.69) is 15.4 Å². The fraction of sp³-hybridized carbons (Fsp3) is 0.381. The minimum absolute atomic E-state index is 0.182. The first kappa shape index (κ1) is 20.6. The van der Waals surface area contributed by atoms with E-state index >= 15 is 0 Å². The summed E-state index contributed by atoms with van der Waals surface area (Å²) in [5.41, 5.74) is 0.875. The van der Waals surface area contributed by atoms with Crippen molar-refractivity contribution in [3.05, 3.63) is 53.6 Å². The fourth-order valence-electron chi connectivity index (χ4n) is 4.32. The van der Waals surface area contributed by atoms with E-state index in [1.165, 1.54) is 21.7 Å². The third-order valence-corrected chi connectivity index (χ3v) is 5.94. The van der Waals surface area contributed by atoms with Crippen molar-refractivity contribution in [2.45, 2.75) is 31.4 Å². The maximum Gasteiger partial charge on any atom is 0.322 e. The van der Waals surface area contributed by atoms with Crippen LogP contribution in [-0.2, 0) is 0 Å². The molecule has 2 aliphatic heterocycles. The first-order chi connectivity index (χ1) is 15.4. The highest BCUT2D eigenvalue weighted by Gasteiger charge is 2.32. The second kappa shape index (κ2) is 7.97. The van der Waals surface area contributed by atoms with Crippen LogP contribution in [0.15, 0.2) is 36.7 Å². The third-order valence-electron chi connectivity index (χ3n) is 5.94. The van der Waals surface area contributed by atoms with Gasteiger partial charge in [0.1, 0.15) is 17.3 Å². The normalized spacial score (nSPS) is 19.1. The Morgan fingerprint density at radius 3 is 2.81 bits per heavy atom. The van der Waals surface area contributed by atoms with Crippen LogP contribution in [0.3, 0.4) is 0 Å². The molecule has 32 heavy (non-hydrogen) atoms. The van der Waals surface area contributed by atoms with E-state index in [9.17, 15) is 23.1 Å². The zero-order valence-corrected chi connectivity index (χ0v) is 17.0. The molecule has 1 atom stereocenters. The van der Waals surface area contributed by atoms with Crippen molar-refractivity contribution < 1.29 is 23.1 Å². The largest absolute Gasteiger partial charge is 0.389 e. The number of likely N-dealkylation sites (tertiary alicyclic amines) is 1. The van der Waals surface area contributed by atoms with E-state index in [-0.39, 0.29) is 30.2 Å². The van der Waals surface area contributed by atoms with Crippen LogP contribution in [0, 0.1) is 5.82 Å². The van der Waals surface area contributed by atoms with Gasteiger partial charge in [0.2, 0.25) is 0 Å². The van der Waals surface area contributed by atoms with Crippen molar-refractivity contribution in [2.75, 3.05) is 29.9 Å². The predicted molar refractivity (Wildman–Crippen MR) is 110 cm³/mol. The lowest BCUT2D eigenvalue weighted by Gasteiger charge is -2.35. The highest BCUT2D eigenvalue weighted by Crippen LogP contribution is 2.39. The van der Waals surface area contributed by atoms with Gasteiger partial charge in [-0.25, -0.2) is 27.5 Å². The lowest BCUT2D eigenvalue weighted by molar-refractivity contribution is 0.0309. The Balaban J connectivity index is 1.45. The van der Waals surface area contributed by atoms with Gasteiger partial charge in [0.25, 0.3) is 6.43 Å². The van der Waals surface area contributed by atoms with Gasteiger partial charge in [0, 0.05) is 18.3 Å². The van der Waals surface area contributed by atoms with Gasteiger partial charge in [0.05, 0.1) is 31.4 Å². The molecule has 2 aromatic heterocycles. The average molecular weight is 446 g/mol. The Labute approximate surface area is 181 Å². The Morgan fingerprint density at radius 2 is 2.06 bits per heavy atom. The molecule has 2 N–H and O–H groups in total. The Morgan fingerprint density at radius 1 is 1.25 bits per heavy atom. The molecule has 0 saturated carbocycles. The van der Waals surface area contributed by atoms with Crippen LogP contribution in [0.5, 0.6) is 0 Å². The van der Waals surface area contributed by atoms with Crippen molar-refractivity contribution in [3.8, 4) is 0 Å². The van der Waals surface area contributed by atoms with Crippen molar-refractivity contribution in [3.63, 3.8) is 0 Å². The molecule has 168 valence electrons. The SMILES string of the molecule is O=C(Nc1cnn2ccc(N3CCCC3c3cc(F)ccc3C(F)F)nc12)N1CC(O)C1. The van der Waals surface area contributed by atoms with E-state index in [1.807, 2.05) is 4.90 Å². The number of anilines is 2. The van der Waals surface area contributed by atoms with Crippen molar-refractivity contribution >= 4 is 23.2 Å². The molecule has 0 aliphatic carbocycles. The van der Waals surface area contributed by atoms with Crippen LogP contribution >= 0.6 is 0 Å². The number of fused-ring (bicyclic) bond motifs is 1. The molecule has 2 aliphatic rings. The number of aromatic nitrogens is 3. The lowest BCUT2D eigenvalue weighted by Crippen LogP contribution is -2.54. The summed E-state index contributed by atoms with van der Waals surface area (Å²) in [4.78, 5) is 20.3. The van der Waals surface area contributed by atoms with E-state index < -0.39 is 24.4 Å². The molecule has 2 saturated heterocycles. The second-order valence-corrected chi connectivity index (χ2v) is 8.03. The summed E-state index contributed by atoms with van der Waals surface area (Å²) in [7, 11) is 0. The van der Waals surface area contributed by atoms with Gasteiger partial charge in [-0.15, -0.1) is 0 Å². The topological polar surface area (TPSA) is 86.0 Å². The maximum absolute atomic E-state index is 13.9. The molecule has 5 rings (SSSR count). The molecule has 2 amide bonds. The van der Waals surface area contributed by atoms with Crippen LogP contribution in [0.25, 0.3) is 5.65 Å². The first-order valence-corrected chi connectivity index (χ1v) is 10.3. The minimum Gasteiger partial charge on any atom is -0.389 e. The van der Waals surface area contributed by atoms with Gasteiger partial charge in [-0.1, -0.05) is 6.07 Å². The highest BCUT2D eigenvalue weighted by molar-refractivity contribution is 5.93. The van der Waals surface area contributed by atoms with Gasteiger partial charge in [0.15, 0.2) is 5.65 Å². The number of carbonyl (C=O) groups excluding carboxylic acids is 1. The molecule has 2 fully saturated rings. The number of β-amino-alcohol motifs (C(OH)–C–C–N with tert-alkyl or cyclic N) is 1. The van der Waals surface area contributed by atoms with Crippen LogP contribution in [0.2, 0.25) is 0 Å². The lowest BCUT2D eigenvalue weighted by atomic mass is 9.98. The minimum atomic E-state index is -2.71.